The maximum absolute atomic E-state index is 12.4. The van der Waals surface area contributed by atoms with Crippen molar-refractivity contribution in [3.63, 3.8) is 0 Å². The van der Waals surface area contributed by atoms with E-state index in [2.05, 4.69) is 32.5 Å². The van der Waals surface area contributed by atoms with Crippen LogP contribution in [0.4, 0.5) is 11.4 Å². The van der Waals surface area contributed by atoms with Crippen LogP contribution in [0.2, 0.25) is 0 Å². The summed E-state index contributed by atoms with van der Waals surface area (Å²) in [5.41, 5.74) is 2.96. The molecule has 2 aromatic carbocycles. The second-order valence-electron chi connectivity index (χ2n) is 7.17. The summed E-state index contributed by atoms with van der Waals surface area (Å²) in [7, 11) is 3.54. The van der Waals surface area contributed by atoms with E-state index in [0.717, 1.165) is 35.9 Å². The van der Waals surface area contributed by atoms with Gasteiger partial charge in [0.25, 0.3) is 0 Å². The average Bonchev–Trinajstić information content (AvgIpc) is 3.43. The Labute approximate surface area is 180 Å². The number of nitrogens with one attached hydrogen (secondary N) is 1. The van der Waals surface area contributed by atoms with E-state index in [1.54, 1.807) is 7.11 Å². The Morgan fingerprint density at radius 3 is 2.43 bits per heavy atom. The molecular formula is C22H25N5O2S. The van der Waals surface area contributed by atoms with Gasteiger partial charge in [-0.15, -0.1) is 10.2 Å². The summed E-state index contributed by atoms with van der Waals surface area (Å²) in [6.07, 6.45) is 2.50. The third-order valence-electron chi connectivity index (χ3n) is 5.14. The number of rotatable bonds is 7. The molecule has 0 saturated carbocycles. The molecule has 30 heavy (non-hydrogen) atoms. The van der Waals surface area contributed by atoms with Gasteiger partial charge < -0.3 is 19.5 Å². The highest BCUT2D eigenvalue weighted by Crippen LogP contribution is 2.25. The summed E-state index contributed by atoms with van der Waals surface area (Å²) in [6, 6.07) is 15.7. The molecule has 156 valence electrons. The second kappa shape index (κ2) is 9.21. The van der Waals surface area contributed by atoms with Gasteiger partial charge in [-0.3, -0.25) is 4.79 Å². The number of hydrogen-bond acceptors (Lipinski definition) is 6. The topological polar surface area (TPSA) is 72.3 Å². The van der Waals surface area contributed by atoms with Crippen LogP contribution >= 0.6 is 11.8 Å². The third-order valence-corrected chi connectivity index (χ3v) is 6.16. The summed E-state index contributed by atoms with van der Waals surface area (Å²) >= 11 is 1.37. The third kappa shape index (κ3) is 4.59. The molecule has 3 aromatic rings. The van der Waals surface area contributed by atoms with Crippen molar-refractivity contribution < 1.29 is 9.53 Å². The number of aromatic nitrogens is 3. The molecule has 0 aliphatic carbocycles. The predicted molar refractivity (Wildman–Crippen MR) is 120 cm³/mol. The van der Waals surface area contributed by atoms with Crippen LogP contribution in [0.3, 0.4) is 0 Å². The van der Waals surface area contributed by atoms with E-state index in [1.807, 2.05) is 48.0 Å². The van der Waals surface area contributed by atoms with E-state index >= 15 is 0 Å². The van der Waals surface area contributed by atoms with Gasteiger partial charge in [-0.05, 0) is 61.4 Å². The van der Waals surface area contributed by atoms with Crippen LogP contribution in [0.5, 0.6) is 5.75 Å². The van der Waals surface area contributed by atoms with Crippen LogP contribution in [0.15, 0.2) is 53.7 Å². The zero-order valence-corrected chi connectivity index (χ0v) is 18.0. The highest BCUT2D eigenvalue weighted by molar-refractivity contribution is 7.99. The van der Waals surface area contributed by atoms with Gasteiger partial charge in [0, 0.05) is 37.1 Å². The van der Waals surface area contributed by atoms with Gasteiger partial charge in [0.2, 0.25) is 5.91 Å². The number of amides is 1. The maximum Gasteiger partial charge on any atom is 0.234 e. The first-order valence-electron chi connectivity index (χ1n) is 9.95. The van der Waals surface area contributed by atoms with Gasteiger partial charge in [0.15, 0.2) is 11.0 Å². The molecule has 8 heteroatoms. The van der Waals surface area contributed by atoms with Gasteiger partial charge in [-0.2, -0.15) is 0 Å². The molecule has 2 heterocycles. The van der Waals surface area contributed by atoms with Crippen LogP contribution < -0.4 is 15.0 Å². The largest absolute Gasteiger partial charge is 0.497 e. The zero-order valence-electron chi connectivity index (χ0n) is 17.2. The molecule has 1 fully saturated rings. The first kappa shape index (κ1) is 20.3. The molecule has 1 saturated heterocycles. The minimum Gasteiger partial charge on any atom is -0.497 e. The standard InChI is InChI=1S/C22H25N5O2S/c1-26-21(16-5-11-19(29-2)12-6-16)24-25-22(26)30-15-20(28)23-17-7-9-18(10-8-17)27-13-3-4-14-27/h5-12H,3-4,13-15H2,1-2H3,(H,23,28). The van der Waals surface area contributed by atoms with E-state index in [-0.39, 0.29) is 11.7 Å². The van der Waals surface area contributed by atoms with Gasteiger partial charge in [-0.1, -0.05) is 11.8 Å². The van der Waals surface area contributed by atoms with Crippen LogP contribution in [0.1, 0.15) is 12.8 Å². The molecular weight excluding hydrogens is 398 g/mol. The molecule has 1 aliphatic rings. The molecule has 0 bridgehead atoms. The lowest BCUT2D eigenvalue weighted by atomic mass is 10.2. The first-order valence-corrected chi connectivity index (χ1v) is 10.9. The quantitative estimate of drug-likeness (QED) is 0.583. The SMILES string of the molecule is COc1ccc(-c2nnc(SCC(=O)Nc3ccc(N4CCCC4)cc3)n2C)cc1. The minimum atomic E-state index is -0.0667. The second-order valence-corrected chi connectivity index (χ2v) is 8.11. The molecule has 0 atom stereocenters. The summed E-state index contributed by atoms with van der Waals surface area (Å²) < 4.78 is 7.09. The van der Waals surface area contributed by atoms with Gasteiger partial charge in [0.05, 0.1) is 12.9 Å². The van der Waals surface area contributed by atoms with Crippen molar-refractivity contribution in [1.29, 1.82) is 0 Å². The van der Waals surface area contributed by atoms with E-state index in [0.29, 0.717) is 5.16 Å². The Morgan fingerprint density at radius 1 is 1.07 bits per heavy atom. The molecule has 1 aromatic heterocycles. The van der Waals surface area contributed by atoms with E-state index in [1.165, 1.54) is 30.3 Å². The number of carbonyl (C=O) groups is 1. The van der Waals surface area contributed by atoms with E-state index < -0.39 is 0 Å². The molecule has 7 nitrogen and oxygen atoms in total. The van der Waals surface area contributed by atoms with Crippen molar-refractivity contribution in [2.45, 2.75) is 18.0 Å². The Hall–Kier alpha value is -3.00. The molecule has 1 aliphatic heterocycles. The number of nitrogens with zero attached hydrogens (tertiary/aromatic N) is 4. The molecule has 0 radical (unpaired) electrons. The molecule has 0 spiro atoms. The van der Waals surface area contributed by atoms with Crippen LogP contribution in [-0.4, -0.2) is 46.6 Å². The summed E-state index contributed by atoms with van der Waals surface area (Å²) in [4.78, 5) is 14.7. The van der Waals surface area contributed by atoms with Crippen LogP contribution in [0, 0.1) is 0 Å². The first-order chi connectivity index (χ1) is 14.6. The van der Waals surface area contributed by atoms with Gasteiger partial charge in [-0.25, -0.2) is 0 Å². The fourth-order valence-corrected chi connectivity index (χ4v) is 4.20. The number of carbonyl (C=O) groups excluding carboxylic acids is 1. The lowest BCUT2D eigenvalue weighted by molar-refractivity contribution is -0.113. The van der Waals surface area contributed by atoms with E-state index in [9.17, 15) is 4.79 Å². The van der Waals surface area contributed by atoms with Crippen LogP contribution in [0.25, 0.3) is 11.4 Å². The summed E-state index contributed by atoms with van der Waals surface area (Å²) in [5, 5.41) is 12.1. The normalized spacial score (nSPS) is 13.5. The van der Waals surface area contributed by atoms with Crippen molar-refractivity contribution in [1.82, 2.24) is 14.8 Å². The van der Waals surface area contributed by atoms with Crippen molar-refractivity contribution >= 4 is 29.0 Å². The number of ether oxygens (including phenoxy) is 1. The summed E-state index contributed by atoms with van der Waals surface area (Å²) in [5.74, 6) is 1.74. The molecule has 1 amide bonds. The number of anilines is 2. The molecule has 0 unspecified atom stereocenters. The number of thioether (sulfide) groups is 1. The highest BCUT2D eigenvalue weighted by atomic mass is 32.2. The Kier molecular flexibility index (Phi) is 6.23. The van der Waals surface area contributed by atoms with Gasteiger partial charge >= 0.3 is 0 Å². The van der Waals surface area contributed by atoms with Crippen molar-refractivity contribution in [3.8, 4) is 17.1 Å². The average molecular weight is 424 g/mol. The smallest absolute Gasteiger partial charge is 0.234 e. The Balaban J connectivity index is 1.33. The molecule has 4 rings (SSSR count). The monoisotopic (exact) mass is 423 g/mol. The number of hydrogen-bond donors (Lipinski definition) is 1. The van der Waals surface area contributed by atoms with E-state index in [4.69, 9.17) is 4.74 Å². The van der Waals surface area contributed by atoms with Crippen molar-refractivity contribution in [3.05, 3.63) is 48.5 Å². The lowest BCUT2D eigenvalue weighted by Crippen LogP contribution is -2.18. The summed E-state index contributed by atoms with van der Waals surface area (Å²) in [6.45, 7) is 2.22. The number of methoxy groups -OCH3 is 1. The number of benzene rings is 2. The zero-order chi connectivity index (χ0) is 20.9. The lowest BCUT2D eigenvalue weighted by Gasteiger charge is -2.17. The van der Waals surface area contributed by atoms with Crippen LogP contribution in [-0.2, 0) is 11.8 Å². The van der Waals surface area contributed by atoms with Gasteiger partial charge in [0.1, 0.15) is 5.75 Å². The Morgan fingerprint density at radius 2 is 1.77 bits per heavy atom. The maximum atomic E-state index is 12.4. The highest BCUT2D eigenvalue weighted by Gasteiger charge is 2.14. The van der Waals surface area contributed by atoms with Crippen molar-refractivity contribution in [2.75, 3.05) is 36.2 Å². The molecule has 1 N–H and O–H groups in total. The van der Waals surface area contributed by atoms with Crippen molar-refractivity contribution in [2.24, 2.45) is 7.05 Å². The fourth-order valence-electron chi connectivity index (χ4n) is 3.49. The fraction of sp³-hybridized carbons (Fsp3) is 0.318. The minimum absolute atomic E-state index is 0.0667. The predicted octanol–water partition coefficient (Wildman–Crippen LogP) is 3.82. The Bertz CT molecular complexity index is 995.